The number of nitrogens with zero attached hydrogens (tertiary/aromatic N) is 4. The molecule has 2 aliphatic heterocycles. The summed E-state index contributed by atoms with van der Waals surface area (Å²) in [6, 6.07) is 15.4. The first-order chi connectivity index (χ1) is 17.8. The molecule has 0 saturated heterocycles. The minimum atomic E-state index is -4.09. The second-order valence-electron chi connectivity index (χ2n) is 9.18. The smallest absolute Gasteiger partial charge is 0.264 e. The standard InChI is InChI=1S/C27H23N5O4S.H2/c1-16-5-3-6-17(2)25(16)22-12-24-30-27(29-22)31-37(34,35)20-8-4-7-18(11-20)26(33)32-14-19-9-10-28-13-21(19)23(15-32)36-24;/h3-13,23H,14-15H2,1-2H3,(H,29,30,31);1H. The molecule has 0 aliphatic carbocycles. The number of ether oxygens (including phenoxy) is 1. The summed E-state index contributed by atoms with van der Waals surface area (Å²) >= 11 is 0. The zero-order chi connectivity index (χ0) is 25.7. The lowest BCUT2D eigenvalue weighted by Crippen LogP contribution is -2.40. The molecule has 2 aromatic heterocycles. The third-order valence-electron chi connectivity index (χ3n) is 6.65. The van der Waals surface area contributed by atoms with Crippen molar-refractivity contribution < 1.29 is 19.4 Å². The van der Waals surface area contributed by atoms with Crippen molar-refractivity contribution in [3.63, 3.8) is 0 Å². The lowest BCUT2D eigenvalue weighted by atomic mass is 9.98. The van der Waals surface area contributed by atoms with Gasteiger partial charge in [-0.15, -0.1) is 0 Å². The largest absolute Gasteiger partial charge is 0.467 e. The van der Waals surface area contributed by atoms with Gasteiger partial charge in [0.25, 0.3) is 15.9 Å². The molecule has 6 rings (SSSR count). The number of carbonyl (C=O) groups excluding carboxylic acids is 1. The number of amides is 1. The van der Waals surface area contributed by atoms with Crippen LogP contribution in [0.4, 0.5) is 5.95 Å². The van der Waals surface area contributed by atoms with Gasteiger partial charge in [0.1, 0.15) is 6.10 Å². The van der Waals surface area contributed by atoms with E-state index in [0.717, 1.165) is 27.8 Å². The highest BCUT2D eigenvalue weighted by molar-refractivity contribution is 7.92. The van der Waals surface area contributed by atoms with Crippen LogP contribution in [0.2, 0.25) is 0 Å². The number of hydrogen-bond donors (Lipinski definition) is 1. The number of aryl methyl sites for hydroxylation is 2. The molecular formula is C27H25N5O4S. The predicted molar refractivity (Wildman–Crippen MR) is 139 cm³/mol. The van der Waals surface area contributed by atoms with Gasteiger partial charge in [-0.25, -0.2) is 18.1 Å². The van der Waals surface area contributed by atoms with Crippen LogP contribution in [0.25, 0.3) is 11.3 Å². The zero-order valence-corrected chi connectivity index (χ0v) is 21.0. The predicted octanol–water partition coefficient (Wildman–Crippen LogP) is 4.29. The summed E-state index contributed by atoms with van der Waals surface area (Å²) < 4.78 is 35.4. The molecule has 188 valence electrons. The number of rotatable bonds is 1. The maximum absolute atomic E-state index is 13.5. The minimum absolute atomic E-state index is 0. The van der Waals surface area contributed by atoms with Crippen LogP contribution in [0.1, 0.15) is 40.1 Å². The van der Waals surface area contributed by atoms with Crippen LogP contribution >= 0.6 is 0 Å². The number of fused-ring (bicyclic) bond motifs is 8. The molecule has 0 saturated carbocycles. The van der Waals surface area contributed by atoms with E-state index < -0.39 is 16.1 Å². The second-order valence-corrected chi connectivity index (χ2v) is 10.9. The summed E-state index contributed by atoms with van der Waals surface area (Å²) in [5.74, 6) is -0.225. The Bertz CT molecular complexity index is 1660. The van der Waals surface area contributed by atoms with E-state index >= 15 is 0 Å². The van der Waals surface area contributed by atoms with Crippen molar-refractivity contribution in [3.05, 3.63) is 94.8 Å². The molecule has 10 heteroatoms. The van der Waals surface area contributed by atoms with Gasteiger partial charge < -0.3 is 9.64 Å². The van der Waals surface area contributed by atoms with Crippen LogP contribution in [0.3, 0.4) is 0 Å². The van der Waals surface area contributed by atoms with Gasteiger partial charge >= 0.3 is 0 Å². The lowest BCUT2D eigenvalue weighted by molar-refractivity contribution is 0.0588. The Hall–Kier alpha value is -4.31. The van der Waals surface area contributed by atoms with E-state index in [1.165, 1.54) is 12.1 Å². The number of anilines is 1. The number of pyridine rings is 1. The number of hydrogen-bond acceptors (Lipinski definition) is 7. The molecule has 2 aliphatic rings. The first-order valence-electron chi connectivity index (χ1n) is 11.8. The van der Waals surface area contributed by atoms with E-state index in [2.05, 4.69) is 19.7 Å². The van der Waals surface area contributed by atoms with E-state index in [9.17, 15) is 13.2 Å². The van der Waals surface area contributed by atoms with E-state index in [4.69, 9.17) is 4.74 Å². The van der Waals surface area contributed by atoms with Gasteiger partial charge in [-0.3, -0.25) is 9.78 Å². The summed E-state index contributed by atoms with van der Waals surface area (Å²) in [5.41, 5.74) is 5.37. The van der Waals surface area contributed by atoms with E-state index in [-0.39, 0.29) is 36.2 Å². The fraction of sp³-hybridized carbons (Fsp3) is 0.185. The van der Waals surface area contributed by atoms with Gasteiger partial charge in [-0.1, -0.05) is 24.3 Å². The monoisotopic (exact) mass is 515 g/mol. The summed E-state index contributed by atoms with van der Waals surface area (Å²) in [6.07, 6.45) is 2.85. The minimum Gasteiger partial charge on any atom is -0.467 e. The zero-order valence-electron chi connectivity index (χ0n) is 20.2. The Balaban J connectivity index is 0.00000294. The number of carbonyl (C=O) groups is 1. The van der Waals surface area contributed by atoms with Gasteiger partial charge in [-0.2, -0.15) is 4.98 Å². The Morgan fingerprint density at radius 3 is 2.65 bits per heavy atom. The SMILES string of the molecule is Cc1cccc(C)c1-c1cc2nc(n1)NS(=O)(=O)c1cccc(c1)C(=O)N1Cc3ccncc3C(C1)O2.[HH]. The molecule has 2 aromatic carbocycles. The molecule has 1 N–H and O–H groups in total. The van der Waals surface area contributed by atoms with Crippen LogP contribution in [0.15, 0.2) is 71.9 Å². The molecule has 0 fully saturated rings. The van der Waals surface area contributed by atoms with Crippen LogP contribution < -0.4 is 9.46 Å². The maximum Gasteiger partial charge on any atom is 0.264 e. The Labute approximate surface area is 215 Å². The van der Waals surface area contributed by atoms with Crippen LogP contribution in [-0.4, -0.2) is 40.7 Å². The van der Waals surface area contributed by atoms with E-state index in [0.29, 0.717) is 12.2 Å². The molecule has 0 radical (unpaired) electrons. The molecule has 37 heavy (non-hydrogen) atoms. The van der Waals surface area contributed by atoms with Crippen molar-refractivity contribution in [1.29, 1.82) is 0 Å². The quantitative estimate of drug-likeness (QED) is 0.402. The molecule has 1 amide bonds. The molecular weight excluding hydrogens is 490 g/mol. The molecule has 4 aromatic rings. The van der Waals surface area contributed by atoms with Crippen molar-refractivity contribution in [1.82, 2.24) is 19.9 Å². The highest BCUT2D eigenvalue weighted by Gasteiger charge is 2.32. The average molecular weight is 516 g/mol. The molecule has 6 bridgehead atoms. The van der Waals surface area contributed by atoms with Gasteiger partial charge in [0, 0.05) is 43.1 Å². The molecule has 9 nitrogen and oxygen atoms in total. The van der Waals surface area contributed by atoms with E-state index in [1.54, 1.807) is 35.5 Å². The van der Waals surface area contributed by atoms with Crippen molar-refractivity contribution >= 4 is 21.9 Å². The summed E-state index contributed by atoms with van der Waals surface area (Å²) in [6.45, 7) is 4.54. The molecule has 4 heterocycles. The fourth-order valence-corrected chi connectivity index (χ4v) is 5.86. The first kappa shape index (κ1) is 23.1. The Kier molecular flexibility index (Phi) is 5.41. The summed E-state index contributed by atoms with van der Waals surface area (Å²) in [4.78, 5) is 28.3. The van der Waals surface area contributed by atoms with E-state index in [1.807, 2.05) is 38.1 Å². The third kappa shape index (κ3) is 4.19. The number of sulfonamides is 1. The summed E-state index contributed by atoms with van der Waals surface area (Å²) in [7, 11) is -4.09. The van der Waals surface area contributed by atoms with Crippen LogP contribution in [0, 0.1) is 13.8 Å². The van der Waals surface area contributed by atoms with Gasteiger partial charge in [0.2, 0.25) is 11.8 Å². The Morgan fingerprint density at radius 2 is 1.84 bits per heavy atom. The maximum atomic E-state index is 13.5. The fourth-order valence-electron chi connectivity index (χ4n) is 4.87. The molecule has 1 unspecified atom stereocenters. The highest BCUT2D eigenvalue weighted by atomic mass is 32.2. The van der Waals surface area contributed by atoms with Crippen molar-refractivity contribution in [3.8, 4) is 17.1 Å². The van der Waals surface area contributed by atoms with Crippen molar-refractivity contribution in [2.24, 2.45) is 0 Å². The number of nitrogens with one attached hydrogen (secondary N) is 1. The first-order valence-corrected chi connectivity index (χ1v) is 13.2. The van der Waals surface area contributed by atoms with Gasteiger partial charge in [0.05, 0.1) is 17.1 Å². The van der Waals surface area contributed by atoms with Crippen LogP contribution in [-0.2, 0) is 16.6 Å². The highest BCUT2D eigenvalue weighted by Crippen LogP contribution is 2.34. The van der Waals surface area contributed by atoms with Crippen LogP contribution in [0.5, 0.6) is 5.88 Å². The average Bonchev–Trinajstić information content (AvgIpc) is 2.87. The second kappa shape index (κ2) is 8.67. The van der Waals surface area contributed by atoms with Gasteiger partial charge in [-0.05, 0) is 54.8 Å². The molecule has 1 atom stereocenters. The third-order valence-corrected chi connectivity index (χ3v) is 7.97. The number of benzene rings is 2. The lowest BCUT2D eigenvalue weighted by Gasteiger charge is -2.34. The topological polar surface area (TPSA) is 114 Å². The molecule has 0 spiro atoms. The van der Waals surface area contributed by atoms with Crippen molar-refractivity contribution in [2.75, 3.05) is 11.3 Å². The Morgan fingerprint density at radius 1 is 1.05 bits per heavy atom. The normalized spacial score (nSPS) is 17.8. The van der Waals surface area contributed by atoms with Crippen molar-refractivity contribution in [2.45, 2.75) is 31.4 Å². The number of aromatic nitrogens is 3. The summed E-state index contributed by atoms with van der Waals surface area (Å²) in [5, 5.41) is 0. The van der Waals surface area contributed by atoms with Gasteiger partial charge in [0.15, 0.2) is 0 Å².